The minimum absolute atomic E-state index is 0.444. The van der Waals surface area contributed by atoms with Crippen LogP contribution >= 0.6 is 0 Å². The van der Waals surface area contributed by atoms with Crippen LogP contribution in [0.4, 0.5) is 0 Å². The molecule has 0 spiro atoms. The van der Waals surface area contributed by atoms with Crippen molar-refractivity contribution in [1.82, 2.24) is 9.88 Å². The third-order valence-electron chi connectivity index (χ3n) is 9.36. The van der Waals surface area contributed by atoms with Gasteiger partial charge in [-0.15, -0.1) is 0 Å². The number of aryl methyl sites for hydroxylation is 1. The molecule has 33 heavy (non-hydrogen) atoms. The van der Waals surface area contributed by atoms with E-state index in [0.717, 1.165) is 74.4 Å². The fourth-order valence-electron chi connectivity index (χ4n) is 7.05. The third-order valence-corrected chi connectivity index (χ3v) is 9.36. The normalized spacial score (nSPS) is 28.8. The molecule has 2 aliphatic carbocycles. The van der Waals surface area contributed by atoms with E-state index in [0.29, 0.717) is 6.10 Å². The van der Waals surface area contributed by atoms with Crippen molar-refractivity contribution in [3.8, 4) is 5.75 Å². The van der Waals surface area contributed by atoms with E-state index in [2.05, 4.69) is 42.8 Å². The van der Waals surface area contributed by atoms with Crippen LogP contribution in [0.2, 0.25) is 0 Å². The van der Waals surface area contributed by atoms with E-state index in [-0.39, 0.29) is 0 Å². The molecule has 1 saturated heterocycles. The zero-order valence-electron chi connectivity index (χ0n) is 21.2. The maximum Gasteiger partial charge on any atom is 0.124 e. The Bertz CT molecular complexity index is 927. The molecule has 0 radical (unpaired) electrons. The average molecular weight is 453 g/mol. The molecule has 2 aromatic rings. The number of likely N-dealkylation sites (tertiary alicyclic amines) is 1. The second kappa shape index (κ2) is 10.00. The second-order valence-electron chi connectivity index (χ2n) is 11.4. The van der Waals surface area contributed by atoms with Gasteiger partial charge in [0.2, 0.25) is 0 Å². The van der Waals surface area contributed by atoms with Crippen molar-refractivity contribution in [1.29, 1.82) is 0 Å². The van der Waals surface area contributed by atoms with Gasteiger partial charge in [0.05, 0.1) is 13.2 Å². The van der Waals surface area contributed by atoms with Crippen LogP contribution in [0.15, 0.2) is 18.3 Å². The number of piperidine rings is 1. The summed E-state index contributed by atoms with van der Waals surface area (Å²) in [6, 6.07) is 4.36. The Kier molecular flexibility index (Phi) is 7.04. The first-order chi connectivity index (χ1) is 16.0. The molecule has 4 unspecified atom stereocenters. The van der Waals surface area contributed by atoms with Crippen molar-refractivity contribution >= 4 is 10.9 Å². The van der Waals surface area contributed by atoms with E-state index in [1.54, 1.807) is 7.11 Å². The molecular formula is C29H44N2O2. The fraction of sp³-hybridized carbons (Fsp3) is 0.724. The lowest BCUT2D eigenvalue weighted by Crippen LogP contribution is -2.43. The van der Waals surface area contributed by atoms with Crippen LogP contribution in [0.1, 0.15) is 69.9 Å². The highest BCUT2D eigenvalue weighted by molar-refractivity contribution is 5.88. The lowest BCUT2D eigenvalue weighted by Gasteiger charge is -2.52. The number of nitrogens with one attached hydrogen (secondary N) is 1. The van der Waals surface area contributed by atoms with Gasteiger partial charge in [-0.05, 0) is 99.2 Å². The number of hydrogen-bond donors (Lipinski definition) is 1. The summed E-state index contributed by atoms with van der Waals surface area (Å²) < 4.78 is 12.2. The highest BCUT2D eigenvalue weighted by atomic mass is 16.5. The van der Waals surface area contributed by atoms with E-state index in [1.807, 2.05) is 6.20 Å². The van der Waals surface area contributed by atoms with Gasteiger partial charge in [0, 0.05) is 48.9 Å². The number of nitrogens with zero attached hydrogens (tertiary/aromatic N) is 1. The molecule has 5 rings (SSSR count). The van der Waals surface area contributed by atoms with Crippen molar-refractivity contribution in [3.05, 3.63) is 29.5 Å². The Morgan fingerprint density at radius 2 is 1.85 bits per heavy atom. The monoisotopic (exact) mass is 452 g/mol. The molecular weight excluding hydrogens is 408 g/mol. The zero-order valence-corrected chi connectivity index (χ0v) is 21.2. The third kappa shape index (κ3) is 4.71. The van der Waals surface area contributed by atoms with Gasteiger partial charge in [-0.2, -0.15) is 0 Å². The lowest BCUT2D eigenvalue weighted by molar-refractivity contribution is -0.0435. The summed E-state index contributed by atoms with van der Waals surface area (Å²) in [5.41, 5.74) is 3.79. The standard InChI is InChI=1S/C29H44N2O2/c1-19(2)23-7-8-25(23)24-6-5-21(24)12-16-33-22-10-14-31(15-11-22)18-27-26-9-13-30-29(26)20(3)17-28(27)32-4/h9,13,17,19,21-25,30H,5-8,10-12,14-16,18H2,1-4H3. The Morgan fingerprint density at radius 3 is 2.48 bits per heavy atom. The molecule has 4 heteroatoms. The first-order valence-corrected chi connectivity index (χ1v) is 13.5. The molecule has 3 aliphatic rings. The van der Waals surface area contributed by atoms with Gasteiger partial charge in [-0.3, -0.25) is 4.90 Å². The Hall–Kier alpha value is -1.52. The highest BCUT2D eigenvalue weighted by Gasteiger charge is 2.45. The van der Waals surface area contributed by atoms with E-state index >= 15 is 0 Å². The van der Waals surface area contributed by atoms with Gasteiger partial charge in [-0.1, -0.05) is 13.8 Å². The predicted octanol–water partition coefficient (Wildman–Crippen LogP) is 6.56. The van der Waals surface area contributed by atoms with Gasteiger partial charge in [0.15, 0.2) is 0 Å². The van der Waals surface area contributed by atoms with Crippen LogP contribution in [0.25, 0.3) is 10.9 Å². The number of benzene rings is 1. The topological polar surface area (TPSA) is 37.5 Å². The molecule has 0 amide bonds. The van der Waals surface area contributed by atoms with Crippen LogP contribution in [-0.4, -0.2) is 42.8 Å². The molecule has 1 aromatic heterocycles. The molecule has 1 aromatic carbocycles. The van der Waals surface area contributed by atoms with Crippen LogP contribution in [0.3, 0.4) is 0 Å². The maximum absolute atomic E-state index is 6.40. The van der Waals surface area contributed by atoms with Gasteiger partial charge in [0.1, 0.15) is 5.75 Å². The summed E-state index contributed by atoms with van der Waals surface area (Å²) in [7, 11) is 1.79. The second-order valence-corrected chi connectivity index (χ2v) is 11.4. The first-order valence-electron chi connectivity index (χ1n) is 13.5. The van der Waals surface area contributed by atoms with Crippen LogP contribution in [0, 0.1) is 36.5 Å². The van der Waals surface area contributed by atoms with E-state index in [9.17, 15) is 0 Å². The van der Waals surface area contributed by atoms with E-state index < -0.39 is 0 Å². The molecule has 4 nitrogen and oxygen atoms in total. The number of fused-ring (bicyclic) bond motifs is 1. The highest BCUT2D eigenvalue weighted by Crippen LogP contribution is 2.53. The van der Waals surface area contributed by atoms with Crippen molar-refractivity contribution in [2.24, 2.45) is 29.6 Å². The Labute approximate surface area is 200 Å². The van der Waals surface area contributed by atoms with Gasteiger partial charge >= 0.3 is 0 Å². The minimum atomic E-state index is 0.444. The van der Waals surface area contributed by atoms with E-state index in [4.69, 9.17) is 9.47 Å². The lowest BCUT2D eigenvalue weighted by atomic mass is 9.54. The number of hydrogen-bond acceptors (Lipinski definition) is 3. The first kappa shape index (κ1) is 23.2. The predicted molar refractivity (Wildman–Crippen MR) is 136 cm³/mol. The summed E-state index contributed by atoms with van der Waals surface area (Å²) in [4.78, 5) is 5.97. The molecule has 2 saturated carbocycles. The van der Waals surface area contributed by atoms with Crippen LogP contribution in [0.5, 0.6) is 5.75 Å². The maximum atomic E-state index is 6.40. The van der Waals surface area contributed by atoms with E-state index in [1.165, 1.54) is 54.1 Å². The Morgan fingerprint density at radius 1 is 1.06 bits per heavy atom. The number of ether oxygens (including phenoxy) is 2. The molecule has 182 valence electrons. The Balaban J connectivity index is 1.07. The number of aromatic amines is 1. The van der Waals surface area contributed by atoms with Crippen molar-refractivity contribution < 1.29 is 9.47 Å². The van der Waals surface area contributed by atoms with Gasteiger partial charge in [-0.25, -0.2) is 0 Å². The van der Waals surface area contributed by atoms with Crippen LogP contribution in [-0.2, 0) is 11.3 Å². The molecule has 3 fully saturated rings. The van der Waals surface area contributed by atoms with Crippen molar-refractivity contribution in [3.63, 3.8) is 0 Å². The minimum Gasteiger partial charge on any atom is -0.496 e. The molecule has 1 aliphatic heterocycles. The SMILES string of the molecule is COc1cc(C)c2[nH]ccc2c1CN1CCC(OCCC2CCC2C2CCC2C(C)C)CC1. The smallest absolute Gasteiger partial charge is 0.124 e. The quantitative estimate of drug-likeness (QED) is 0.468. The number of H-pyrrole nitrogens is 1. The zero-order chi connectivity index (χ0) is 22.9. The number of aromatic nitrogens is 1. The summed E-state index contributed by atoms with van der Waals surface area (Å²) in [5, 5.41) is 1.30. The number of methoxy groups -OCH3 is 1. The summed E-state index contributed by atoms with van der Waals surface area (Å²) in [6.07, 6.45) is 12.0. The largest absolute Gasteiger partial charge is 0.496 e. The summed E-state index contributed by atoms with van der Waals surface area (Å²) in [5.74, 6) is 5.86. The van der Waals surface area contributed by atoms with Crippen LogP contribution < -0.4 is 4.74 Å². The average Bonchev–Trinajstić information content (AvgIpc) is 3.26. The molecule has 4 atom stereocenters. The van der Waals surface area contributed by atoms with Crippen molar-refractivity contribution in [2.45, 2.75) is 78.4 Å². The summed E-state index contributed by atoms with van der Waals surface area (Å²) in [6.45, 7) is 11.1. The summed E-state index contributed by atoms with van der Waals surface area (Å²) >= 11 is 0. The van der Waals surface area contributed by atoms with Gasteiger partial charge < -0.3 is 14.5 Å². The molecule has 1 N–H and O–H groups in total. The van der Waals surface area contributed by atoms with Gasteiger partial charge in [0.25, 0.3) is 0 Å². The molecule has 2 heterocycles. The molecule has 0 bridgehead atoms. The fourth-order valence-corrected chi connectivity index (χ4v) is 7.05. The van der Waals surface area contributed by atoms with Crippen molar-refractivity contribution in [2.75, 3.05) is 26.8 Å². The number of rotatable bonds is 9.